The number of carbonyl (C=O) groups is 1. The predicted octanol–water partition coefficient (Wildman–Crippen LogP) is -0.0196. The van der Waals surface area contributed by atoms with Gasteiger partial charge in [-0.3, -0.25) is 4.79 Å². The normalized spacial score (nSPS) is 31.5. The molecule has 1 aromatic carbocycles. The van der Waals surface area contributed by atoms with Gasteiger partial charge in [-0.2, -0.15) is 0 Å². The SMILES string of the molecule is CC1C(=O)N(c2nnc(-c3ccccc3Cl)s2)C(=S)N1[C@@H]1O[C@H](CO)[C@@H](O)[C@H](O)[C@H]1O. The predicted molar refractivity (Wildman–Crippen MR) is 116 cm³/mol. The van der Waals surface area contributed by atoms with E-state index in [1.807, 2.05) is 0 Å². The summed E-state index contributed by atoms with van der Waals surface area (Å²) in [7, 11) is 0. The molecule has 2 aromatic rings. The highest BCUT2D eigenvalue weighted by Crippen LogP contribution is 2.37. The fourth-order valence-corrected chi connectivity index (χ4v) is 5.22. The summed E-state index contributed by atoms with van der Waals surface area (Å²) in [5.74, 6) is -0.427. The monoisotopic (exact) mass is 486 g/mol. The van der Waals surface area contributed by atoms with E-state index in [0.717, 1.165) is 11.3 Å². The topological polar surface area (TPSA) is 139 Å². The Labute approximate surface area is 191 Å². The molecule has 3 heterocycles. The number of amides is 1. The zero-order valence-electron chi connectivity index (χ0n) is 16.1. The van der Waals surface area contributed by atoms with Crippen molar-refractivity contribution in [2.75, 3.05) is 11.5 Å². The number of aromatic nitrogens is 2. The third-order valence-corrected chi connectivity index (χ3v) is 6.92. The first-order valence-electron chi connectivity index (χ1n) is 9.31. The molecule has 1 amide bonds. The maximum Gasteiger partial charge on any atom is 0.257 e. The van der Waals surface area contributed by atoms with E-state index in [-0.39, 0.29) is 10.2 Å². The summed E-state index contributed by atoms with van der Waals surface area (Å²) in [5.41, 5.74) is 0.657. The number of rotatable bonds is 4. The van der Waals surface area contributed by atoms with E-state index in [0.29, 0.717) is 15.6 Å². The van der Waals surface area contributed by atoms with E-state index in [1.165, 1.54) is 9.80 Å². The molecule has 1 aromatic heterocycles. The number of carbonyl (C=O) groups excluding carboxylic acids is 1. The molecule has 0 aliphatic carbocycles. The lowest BCUT2D eigenvalue weighted by atomic mass is 9.97. The van der Waals surface area contributed by atoms with Crippen LogP contribution in [0.3, 0.4) is 0 Å². The van der Waals surface area contributed by atoms with Gasteiger partial charge in [0.1, 0.15) is 30.5 Å². The van der Waals surface area contributed by atoms with Crippen molar-refractivity contribution >= 4 is 51.3 Å². The van der Waals surface area contributed by atoms with Crippen molar-refractivity contribution in [3.8, 4) is 10.6 Å². The van der Waals surface area contributed by atoms with Gasteiger partial charge >= 0.3 is 0 Å². The van der Waals surface area contributed by atoms with E-state index in [1.54, 1.807) is 31.2 Å². The molecule has 4 N–H and O–H groups in total. The molecule has 2 aliphatic heterocycles. The molecule has 0 saturated carbocycles. The van der Waals surface area contributed by atoms with Gasteiger partial charge in [0.15, 0.2) is 16.3 Å². The number of thiocarbonyl (C=S) groups is 1. The Bertz CT molecular complexity index is 1010. The van der Waals surface area contributed by atoms with Crippen LogP contribution >= 0.6 is 35.2 Å². The van der Waals surface area contributed by atoms with Gasteiger partial charge in [0.2, 0.25) is 5.13 Å². The molecular weight excluding hydrogens is 468 g/mol. The first kappa shape index (κ1) is 22.4. The Hall–Kier alpha value is -1.77. The molecule has 166 valence electrons. The number of hydrogen-bond donors (Lipinski definition) is 4. The van der Waals surface area contributed by atoms with Gasteiger partial charge < -0.3 is 30.1 Å². The minimum Gasteiger partial charge on any atom is -0.394 e. The van der Waals surface area contributed by atoms with Crippen LogP contribution in [-0.2, 0) is 9.53 Å². The fraction of sp³-hybridized carbons (Fsp3) is 0.444. The van der Waals surface area contributed by atoms with Crippen molar-refractivity contribution in [1.82, 2.24) is 15.1 Å². The first-order chi connectivity index (χ1) is 14.8. The van der Waals surface area contributed by atoms with Crippen LogP contribution in [0.5, 0.6) is 0 Å². The standard InChI is InChI=1S/C18H19ClN4O6S2/c1-7-15(28)23(17-21-20-14(31-17)8-4-2-3-5-9(8)19)18(30)22(7)16-13(27)12(26)11(25)10(6-24)29-16/h2-5,7,10-13,16,24-27H,6H2,1H3/t7?,10-,11-,12+,13-,16-/m1/s1. The Morgan fingerprint density at radius 3 is 2.58 bits per heavy atom. The molecule has 0 spiro atoms. The number of hydrogen-bond acceptors (Lipinski definition) is 10. The quantitative estimate of drug-likeness (QED) is 0.436. The highest BCUT2D eigenvalue weighted by atomic mass is 35.5. The lowest BCUT2D eigenvalue weighted by molar-refractivity contribution is -0.256. The largest absolute Gasteiger partial charge is 0.394 e. The minimum atomic E-state index is -1.59. The third kappa shape index (κ3) is 3.72. The highest BCUT2D eigenvalue weighted by molar-refractivity contribution is 7.80. The van der Waals surface area contributed by atoms with Crippen LogP contribution in [0.4, 0.5) is 5.13 Å². The summed E-state index contributed by atoms with van der Waals surface area (Å²) >= 11 is 12.8. The molecule has 2 fully saturated rings. The Balaban J connectivity index is 1.63. The van der Waals surface area contributed by atoms with Crippen LogP contribution in [-0.4, -0.2) is 89.8 Å². The van der Waals surface area contributed by atoms with Crippen molar-refractivity contribution in [2.45, 2.75) is 43.6 Å². The number of nitrogens with zero attached hydrogens (tertiary/aromatic N) is 4. The van der Waals surface area contributed by atoms with Crippen LogP contribution in [0.1, 0.15) is 6.92 Å². The zero-order valence-corrected chi connectivity index (χ0v) is 18.5. The number of halogens is 1. The molecular formula is C18H19ClN4O6S2. The molecule has 6 atom stereocenters. The van der Waals surface area contributed by atoms with E-state index in [4.69, 9.17) is 28.6 Å². The summed E-state index contributed by atoms with van der Waals surface area (Å²) < 4.78 is 5.58. The molecule has 2 saturated heterocycles. The van der Waals surface area contributed by atoms with Gasteiger partial charge in [-0.25, -0.2) is 4.90 Å². The van der Waals surface area contributed by atoms with Crippen molar-refractivity contribution < 1.29 is 30.0 Å². The van der Waals surface area contributed by atoms with Crippen LogP contribution < -0.4 is 4.90 Å². The second kappa shape index (κ2) is 8.64. The first-order valence-corrected chi connectivity index (χ1v) is 10.9. The van der Waals surface area contributed by atoms with Gasteiger partial charge in [0, 0.05) is 5.56 Å². The molecule has 13 heteroatoms. The lowest BCUT2D eigenvalue weighted by Crippen LogP contribution is -2.64. The number of aliphatic hydroxyl groups is 4. The second-order valence-corrected chi connectivity index (χ2v) is 8.86. The van der Waals surface area contributed by atoms with Gasteiger partial charge in [-0.15, -0.1) is 10.2 Å². The van der Waals surface area contributed by atoms with Crippen molar-refractivity contribution in [1.29, 1.82) is 0 Å². The second-order valence-electron chi connectivity index (χ2n) is 7.13. The van der Waals surface area contributed by atoms with Crippen LogP contribution in [0.25, 0.3) is 10.6 Å². The van der Waals surface area contributed by atoms with Gasteiger partial charge in [-0.1, -0.05) is 41.1 Å². The van der Waals surface area contributed by atoms with E-state index in [2.05, 4.69) is 10.2 Å². The summed E-state index contributed by atoms with van der Waals surface area (Å²) in [6.07, 6.45) is -7.07. The number of aliphatic hydroxyl groups excluding tert-OH is 4. The smallest absolute Gasteiger partial charge is 0.257 e. The fourth-order valence-electron chi connectivity index (χ4n) is 3.55. The van der Waals surface area contributed by atoms with Gasteiger partial charge in [-0.05, 0) is 25.2 Å². The maximum atomic E-state index is 13.0. The zero-order chi connectivity index (χ0) is 22.4. The lowest BCUT2D eigenvalue weighted by Gasteiger charge is -2.44. The summed E-state index contributed by atoms with van der Waals surface area (Å²) in [5, 5.41) is 49.4. The summed E-state index contributed by atoms with van der Waals surface area (Å²) in [4.78, 5) is 15.5. The molecule has 1 unspecified atom stereocenters. The maximum absolute atomic E-state index is 13.0. The number of ether oxygens (including phenoxy) is 1. The van der Waals surface area contributed by atoms with E-state index >= 15 is 0 Å². The molecule has 31 heavy (non-hydrogen) atoms. The van der Waals surface area contributed by atoms with E-state index < -0.39 is 49.2 Å². The summed E-state index contributed by atoms with van der Waals surface area (Å²) in [6, 6.07) is 6.22. The van der Waals surface area contributed by atoms with E-state index in [9.17, 15) is 25.2 Å². The van der Waals surface area contributed by atoms with Crippen molar-refractivity contribution in [3.05, 3.63) is 29.3 Å². The average Bonchev–Trinajstić information content (AvgIpc) is 3.30. The Morgan fingerprint density at radius 1 is 1.19 bits per heavy atom. The number of anilines is 1. The molecule has 10 nitrogen and oxygen atoms in total. The van der Waals surface area contributed by atoms with Crippen molar-refractivity contribution in [2.24, 2.45) is 0 Å². The molecule has 0 radical (unpaired) electrons. The van der Waals surface area contributed by atoms with Crippen LogP contribution in [0.2, 0.25) is 5.02 Å². The van der Waals surface area contributed by atoms with Crippen molar-refractivity contribution in [3.63, 3.8) is 0 Å². The third-order valence-electron chi connectivity index (χ3n) is 5.26. The molecule has 2 aliphatic rings. The minimum absolute atomic E-state index is 0.0105. The summed E-state index contributed by atoms with van der Waals surface area (Å²) in [6.45, 7) is 0.970. The Morgan fingerprint density at radius 2 is 1.90 bits per heavy atom. The van der Waals surface area contributed by atoms with Gasteiger partial charge in [0.25, 0.3) is 5.91 Å². The molecule has 4 rings (SSSR count). The Kier molecular flexibility index (Phi) is 6.25. The van der Waals surface area contributed by atoms with Crippen LogP contribution in [0.15, 0.2) is 24.3 Å². The number of benzene rings is 1. The van der Waals surface area contributed by atoms with Crippen LogP contribution in [0, 0.1) is 0 Å². The highest BCUT2D eigenvalue weighted by Gasteiger charge is 2.53. The molecule has 0 bridgehead atoms. The average molecular weight is 487 g/mol. The van der Waals surface area contributed by atoms with Gasteiger partial charge in [0.05, 0.1) is 11.6 Å².